The molecule has 1 aromatic carbocycles. The molecule has 18 heavy (non-hydrogen) atoms. The van der Waals surface area contributed by atoms with Crippen molar-refractivity contribution in [2.45, 2.75) is 52.0 Å². The van der Waals surface area contributed by atoms with Crippen molar-refractivity contribution in [3.8, 4) is 0 Å². The maximum Gasteiger partial charge on any atom is 0.0453 e. The van der Waals surface area contributed by atoms with Crippen molar-refractivity contribution < 1.29 is 0 Å². The van der Waals surface area contributed by atoms with Crippen LogP contribution in [0.15, 0.2) is 18.2 Å². The van der Waals surface area contributed by atoms with Gasteiger partial charge in [-0.25, -0.2) is 0 Å². The molecule has 0 bridgehead atoms. The molecular formula is C15H23Cl2N. The van der Waals surface area contributed by atoms with Crippen LogP contribution >= 0.6 is 23.2 Å². The van der Waals surface area contributed by atoms with E-state index in [1.165, 1.54) is 24.8 Å². The Morgan fingerprint density at radius 1 is 1.17 bits per heavy atom. The fourth-order valence-electron chi connectivity index (χ4n) is 2.03. The van der Waals surface area contributed by atoms with E-state index in [0.29, 0.717) is 11.1 Å². The van der Waals surface area contributed by atoms with Gasteiger partial charge in [-0.05, 0) is 43.5 Å². The maximum absolute atomic E-state index is 6.23. The summed E-state index contributed by atoms with van der Waals surface area (Å²) in [4.78, 5) is 0. The second kappa shape index (κ2) is 8.79. The molecule has 0 aliphatic heterocycles. The Kier molecular flexibility index (Phi) is 7.73. The smallest absolute Gasteiger partial charge is 0.0453 e. The maximum atomic E-state index is 6.23. The molecule has 1 aromatic rings. The number of hydrogen-bond acceptors (Lipinski definition) is 1. The number of unbranched alkanes of at least 4 members (excludes halogenated alkanes) is 1. The third-order valence-electron chi connectivity index (χ3n) is 3.07. The van der Waals surface area contributed by atoms with Crippen LogP contribution in [0.5, 0.6) is 0 Å². The van der Waals surface area contributed by atoms with Crippen LogP contribution in [0.1, 0.15) is 45.1 Å². The zero-order valence-electron chi connectivity index (χ0n) is 11.3. The zero-order chi connectivity index (χ0) is 13.4. The van der Waals surface area contributed by atoms with Gasteiger partial charge in [0.2, 0.25) is 0 Å². The summed E-state index contributed by atoms with van der Waals surface area (Å²) in [7, 11) is 0. The molecule has 0 saturated carbocycles. The fraction of sp³-hybridized carbons (Fsp3) is 0.600. The van der Waals surface area contributed by atoms with Gasteiger partial charge in [0.15, 0.2) is 0 Å². The second-order valence-electron chi connectivity index (χ2n) is 4.73. The summed E-state index contributed by atoms with van der Waals surface area (Å²) in [5.41, 5.74) is 1.19. The van der Waals surface area contributed by atoms with Crippen molar-refractivity contribution in [2.24, 2.45) is 0 Å². The van der Waals surface area contributed by atoms with Gasteiger partial charge in [0, 0.05) is 16.1 Å². The highest BCUT2D eigenvalue weighted by Crippen LogP contribution is 2.23. The summed E-state index contributed by atoms with van der Waals surface area (Å²) in [6, 6.07) is 6.30. The van der Waals surface area contributed by atoms with Gasteiger partial charge in [0.05, 0.1) is 0 Å². The average molecular weight is 288 g/mol. The molecule has 0 fully saturated rings. The molecule has 1 atom stereocenters. The molecule has 1 N–H and O–H groups in total. The molecule has 0 aliphatic carbocycles. The predicted octanol–water partition coefficient (Wildman–Crippen LogP) is 5.09. The van der Waals surface area contributed by atoms with Gasteiger partial charge in [-0.2, -0.15) is 0 Å². The van der Waals surface area contributed by atoms with E-state index < -0.39 is 0 Å². The number of benzene rings is 1. The van der Waals surface area contributed by atoms with E-state index in [2.05, 4.69) is 19.2 Å². The van der Waals surface area contributed by atoms with Crippen LogP contribution in [0.3, 0.4) is 0 Å². The van der Waals surface area contributed by atoms with Gasteiger partial charge in [0.25, 0.3) is 0 Å². The molecular weight excluding hydrogens is 265 g/mol. The summed E-state index contributed by atoms with van der Waals surface area (Å²) >= 11 is 12.2. The van der Waals surface area contributed by atoms with Crippen LogP contribution in [0, 0.1) is 0 Å². The predicted molar refractivity (Wildman–Crippen MR) is 81.8 cm³/mol. The van der Waals surface area contributed by atoms with E-state index in [4.69, 9.17) is 23.2 Å². The first-order valence-corrected chi connectivity index (χ1v) is 7.60. The molecule has 0 radical (unpaired) electrons. The van der Waals surface area contributed by atoms with Crippen molar-refractivity contribution in [3.05, 3.63) is 33.8 Å². The minimum atomic E-state index is 0.517. The van der Waals surface area contributed by atoms with Crippen molar-refractivity contribution >= 4 is 23.2 Å². The highest BCUT2D eigenvalue weighted by Gasteiger charge is 2.10. The van der Waals surface area contributed by atoms with E-state index in [-0.39, 0.29) is 0 Å². The highest BCUT2D eigenvalue weighted by atomic mass is 35.5. The lowest BCUT2D eigenvalue weighted by Gasteiger charge is -2.19. The largest absolute Gasteiger partial charge is 0.314 e. The van der Waals surface area contributed by atoms with E-state index >= 15 is 0 Å². The molecule has 102 valence electrons. The van der Waals surface area contributed by atoms with Crippen molar-refractivity contribution in [3.63, 3.8) is 0 Å². The molecule has 1 rings (SSSR count). The van der Waals surface area contributed by atoms with Crippen LogP contribution in [0.2, 0.25) is 10.0 Å². The van der Waals surface area contributed by atoms with E-state index in [9.17, 15) is 0 Å². The fourth-order valence-corrected chi connectivity index (χ4v) is 2.51. The molecule has 0 aromatic heterocycles. The van der Waals surface area contributed by atoms with Crippen LogP contribution in [-0.4, -0.2) is 12.6 Å². The minimum Gasteiger partial charge on any atom is -0.314 e. The summed E-state index contributed by atoms with van der Waals surface area (Å²) in [5, 5.41) is 5.09. The molecule has 1 nitrogen and oxygen atoms in total. The van der Waals surface area contributed by atoms with E-state index in [1.54, 1.807) is 0 Å². The zero-order valence-corrected chi connectivity index (χ0v) is 12.8. The summed E-state index contributed by atoms with van der Waals surface area (Å²) < 4.78 is 0. The van der Waals surface area contributed by atoms with Gasteiger partial charge >= 0.3 is 0 Å². The highest BCUT2D eigenvalue weighted by molar-refractivity contribution is 6.35. The average Bonchev–Trinajstić information content (AvgIpc) is 2.35. The molecule has 0 amide bonds. The molecule has 1 unspecified atom stereocenters. The Morgan fingerprint density at radius 3 is 2.56 bits per heavy atom. The Labute approximate surface area is 121 Å². The Bertz CT molecular complexity index is 344. The van der Waals surface area contributed by atoms with Crippen LogP contribution in [-0.2, 0) is 6.42 Å². The third-order valence-corrected chi connectivity index (χ3v) is 3.66. The quantitative estimate of drug-likeness (QED) is 0.702. The molecule has 0 heterocycles. The van der Waals surface area contributed by atoms with Crippen molar-refractivity contribution in [1.29, 1.82) is 0 Å². The number of rotatable bonds is 8. The lowest BCUT2D eigenvalue weighted by atomic mass is 10.0. The van der Waals surface area contributed by atoms with Gasteiger partial charge < -0.3 is 5.32 Å². The lowest BCUT2D eigenvalue weighted by molar-refractivity contribution is 0.462. The standard InChI is InChI=1S/C15H23Cl2N/c1-3-5-6-14(18-9-4-2)10-12-7-8-13(16)11-15(12)17/h7-8,11,14,18H,3-6,9-10H2,1-2H3. The Morgan fingerprint density at radius 2 is 1.94 bits per heavy atom. The second-order valence-corrected chi connectivity index (χ2v) is 5.58. The van der Waals surface area contributed by atoms with E-state index in [0.717, 1.165) is 24.4 Å². The van der Waals surface area contributed by atoms with Crippen molar-refractivity contribution in [1.82, 2.24) is 5.32 Å². The SMILES string of the molecule is CCCCC(Cc1ccc(Cl)cc1Cl)NCCC. The number of hydrogen-bond donors (Lipinski definition) is 1. The summed E-state index contributed by atoms with van der Waals surface area (Å²) in [6.45, 7) is 5.49. The van der Waals surface area contributed by atoms with Gasteiger partial charge in [-0.3, -0.25) is 0 Å². The lowest BCUT2D eigenvalue weighted by Crippen LogP contribution is -2.31. The third kappa shape index (κ3) is 5.60. The first kappa shape index (κ1) is 15.8. The summed E-state index contributed by atoms with van der Waals surface area (Å²) in [5.74, 6) is 0. The molecule has 0 spiro atoms. The van der Waals surface area contributed by atoms with Crippen molar-refractivity contribution in [2.75, 3.05) is 6.54 Å². The Balaban J connectivity index is 2.62. The van der Waals surface area contributed by atoms with Crippen LogP contribution < -0.4 is 5.32 Å². The van der Waals surface area contributed by atoms with Gasteiger partial charge in [-0.15, -0.1) is 0 Å². The van der Waals surface area contributed by atoms with Gasteiger partial charge in [-0.1, -0.05) is 56.0 Å². The first-order valence-electron chi connectivity index (χ1n) is 6.84. The summed E-state index contributed by atoms with van der Waals surface area (Å²) in [6.07, 6.45) is 5.84. The number of halogens is 2. The van der Waals surface area contributed by atoms with E-state index in [1.807, 2.05) is 18.2 Å². The normalized spacial score (nSPS) is 12.7. The van der Waals surface area contributed by atoms with Gasteiger partial charge in [0.1, 0.15) is 0 Å². The molecule has 0 saturated heterocycles. The Hall–Kier alpha value is -0.240. The topological polar surface area (TPSA) is 12.0 Å². The van der Waals surface area contributed by atoms with Crippen LogP contribution in [0.25, 0.3) is 0 Å². The minimum absolute atomic E-state index is 0.517. The molecule has 0 aliphatic rings. The van der Waals surface area contributed by atoms with Crippen LogP contribution in [0.4, 0.5) is 0 Å². The number of nitrogens with one attached hydrogen (secondary N) is 1. The molecule has 3 heteroatoms. The first-order chi connectivity index (χ1) is 8.67. The monoisotopic (exact) mass is 287 g/mol.